The van der Waals surface area contributed by atoms with Crippen molar-refractivity contribution in [2.75, 3.05) is 0 Å². The summed E-state index contributed by atoms with van der Waals surface area (Å²) in [7, 11) is 0. The first-order valence-corrected chi connectivity index (χ1v) is 12.7. The summed E-state index contributed by atoms with van der Waals surface area (Å²) < 4.78 is 24.0. The molecule has 0 unspecified atom stereocenters. The number of rotatable bonds is 2. The van der Waals surface area contributed by atoms with E-state index >= 15 is 0 Å². The highest BCUT2D eigenvalue weighted by Crippen LogP contribution is 2.79. The fourth-order valence-electron chi connectivity index (χ4n) is 9.20. The van der Waals surface area contributed by atoms with Crippen LogP contribution >= 0.6 is 0 Å². The molecular formula is C28H34O7. The van der Waals surface area contributed by atoms with Crippen LogP contribution in [0.5, 0.6) is 0 Å². The van der Waals surface area contributed by atoms with Crippen LogP contribution in [0.25, 0.3) is 0 Å². The average Bonchev–Trinajstić information content (AvgIpc) is 3.35. The number of furan rings is 1. The number of carbonyl (C=O) groups excluding carboxylic acids is 3. The van der Waals surface area contributed by atoms with E-state index in [4.69, 9.17) is 18.6 Å². The first kappa shape index (κ1) is 23.0. The van der Waals surface area contributed by atoms with E-state index in [9.17, 15) is 14.4 Å². The van der Waals surface area contributed by atoms with E-state index in [1.807, 2.05) is 19.9 Å². The predicted octanol–water partition coefficient (Wildman–Crippen LogP) is 4.56. The van der Waals surface area contributed by atoms with Gasteiger partial charge in [0.05, 0.1) is 12.5 Å². The molecule has 1 aromatic heterocycles. The Morgan fingerprint density at radius 2 is 1.83 bits per heavy atom. The third-order valence-electron chi connectivity index (χ3n) is 10.8. The SMILES string of the molecule is CC(=O)O[C@H]1C[C@@H]2C(C)(C)C(=O)C=C[C@]2(C)[C@@H]2CC[C@@]3(C)[C@H](c4ccoc4)OC(=O)[C@@H]4O[C@@]43[C@]12C. The number of esters is 2. The van der Waals surface area contributed by atoms with Crippen LogP contribution in [0, 0.1) is 33.5 Å². The number of fused-ring (bicyclic) bond motifs is 3. The lowest BCUT2D eigenvalue weighted by Gasteiger charge is -2.68. The molecule has 5 aliphatic rings. The molecule has 0 aromatic carbocycles. The number of ether oxygens (including phenoxy) is 3. The molecule has 3 heterocycles. The van der Waals surface area contributed by atoms with E-state index < -0.39 is 40.2 Å². The molecule has 2 saturated carbocycles. The minimum atomic E-state index is -0.853. The number of ketones is 1. The minimum absolute atomic E-state index is 0.00639. The van der Waals surface area contributed by atoms with E-state index in [2.05, 4.69) is 26.8 Å². The summed E-state index contributed by atoms with van der Waals surface area (Å²) in [6.07, 6.45) is 7.46. The van der Waals surface area contributed by atoms with Gasteiger partial charge < -0.3 is 18.6 Å². The largest absolute Gasteiger partial charge is 0.472 e. The van der Waals surface area contributed by atoms with Gasteiger partial charge in [-0.1, -0.05) is 40.7 Å². The van der Waals surface area contributed by atoms with Crippen molar-refractivity contribution in [2.45, 2.75) is 84.7 Å². The quantitative estimate of drug-likeness (QED) is 0.450. The molecule has 1 spiro atoms. The van der Waals surface area contributed by atoms with E-state index in [1.165, 1.54) is 6.92 Å². The van der Waals surface area contributed by atoms with Gasteiger partial charge in [-0.2, -0.15) is 0 Å². The van der Waals surface area contributed by atoms with Gasteiger partial charge in [0.2, 0.25) is 0 Å². The summed E-state index contributed by atoms with van der Waals surface area (Å²) >= 11 is 0. The van der Waals surface area contributed by atoms with Crippen molar-refractivity contribution in [3.8, 4) is 0 Å². The molecule has 0 amide bonds. The molecule has 4 fully saturated rings. The van der Waals surface area contributed by atoms with Crippen molar-refractivity contribution in [1.29, 1.82) is 0 Å². The Morgan fingerprint density at radius 1 is 1.09 bits per heavy atom. The zero-order valence-electron chi connectivity index (χ0n) is 21.3. The van der Waals surface area contributed by atoms with Crippen LogP contribution in [-0.4, -0.2) is 35.5 Å². The third-order valence-corrected chi connectivity index (χ3v) is 10.8. The van der Waals surface area contributed by atoms with E-state index in [0.717, 1.165) is 18.4 Å². The maximum absolute atomic E-state index is 13.2. The van der Waals surface area contributed by atoms with Gasteiger partial charge in [-0.15, -0.1) is 0 Å². The van der Waals surface area contributed by atoms with Crippen molar-refractivity contribution in [1.82, 2.24) is 0 Å². The summed E-state index contributed by atoms with van der Waals surface area (Å²) in [5.74, 6) is -0.603. The monoisotopic (exact) mass is 482 g/mol. The molecule has 2 saturated heterocycles. The predicted molar refractivity (Wildman–Crippen MR) is 124 cm³/mol. The lowest BCUT2D eigenvalue weighted by molar-refractivity contribution is -0.251. The summed E-state index contributed by atoms with van der Waals surface area (Å²) in [4.78, 5) is 38.6. The second kappa shape index (κ2) is 6.67. The van der Waals surface area contributed by atoms with Gasteiger partial charge in [-0.25, -0.2) is 4.79 Å². The van der Waals surface area contributed by atoms with Gasteiger partial charge >= 0.3 is 11.9 Å². The Kier molecular flexibility index (Phi) is 4.38. The lowest BCUT2D eigenvalue weighted by atomic mass is 9.35. The van der Waals surface area contributed by atoms with Crippen LogP contribution in [0.1, 0.15) is 72.5 Å². The Hall–Kier alpha value is -2.41. The van der Waals surface area contributed by atoms with Crippen LogP contribution in [-0.2, 0) is 28.6 Å². The molecule has 9 atom stereocenters. The van der Waals surface area contributed by atoms with Gasteiger partial charge in [-0.3, -0.25) is 9.59 Å². The van der Waals surface area contributed by atoms with Crippen molar-refractivity contribution in [3.63, 3.8) is 0 Å². The van der Waals surface area contributed by atoms with Crippen LogP contribution in [0.3, 0.4) is 0 Å². The molecule has 7 nitrogen and oxygen atoms in total. The van der Waals surface area contributed by atoms with Crippen molar-refractivity contribution in [3.05, 3.63) is 36.3 Å². The summed E-state index contributed by atoms with van der Waals surface area (Å²) in [6, 6.07) is 1.84. The fourth-order valence-corrected chi connectivity index (χ4v) is 9.20. The highest BCUT2D eigenvalue weighted by Gasteiger charge is 2.88. The molecule has 2 aliphatic heterocycles. The number of hydrogen-bond acceptors (Lipinski definition) is 7. The third kappa shape index (κ3) is 2.48. The van der Waals surface area contributed by atoms with Gasteiger partial charge in [0.25, 0.3) is 0 Å². The summed E-state index contributed by atoms with van der Waals surface area (Å²) in [5, 5.41) is 0. The van der Waals surface area contributed by atoms with Gasteiger partial charge in [0.1, 0.15) is 17.8 Å². The molecule has 3 aliphatic carbocycles. The van der Waals surface area contributed by atoms with Gasteiger partial charge in [0, 0.05) is 28.7 Å². The number of cyclic esters (lactones) is 1. The highest BCUT2D eigenvalue weighted by molar-refractivity contribution is 5.95. The Morgan fingerprint density at radius 3 is 2.49 bits per heavy atom. The second-order valence-corrected chi connectivity index (χ2v) is 12.6. The molecule has 1 aromatic rings. The van der Waals surface area contributed by atoms with Crippen molar-refractivity contribution in [2.24, 2.45) is 33.5 Å². The highest BCUT2D eigenvalue weighted by atomic mass is 16.7. The van der Waals surface area contributed by atoms with Crippen molar-refractivity contribution < 1.29 is 33.0 Å². The first-order valence-electron chi connectivity index (χ1n) is 12.7. The summed E-state index contributed by atoms with van der Waals surface area (Å²) in [5.41, 5.74) is -2.15. The molecule has 0 bridgehead atoms. The zero-order valence-corrected chi connectivity index (χ0v) is 21.3. The van der Waals surface area contributed by atoms with E-state index in [-0.39, 0.29) is 35.0 Å². The second-order valence-electron chi connectivity index (χ2n) is 12.6. The molecule has 0 N–H and O–H groups in total. The Labute approximate surface area is 205 Å². The van der Waals surface area contributed by atoms with Crippen LogP contribution in [0.2, 0.25) is 0 Å². The molecule has 35 heavy (non-hydrogen) atoms. The molecule has 188 valence electrons. The normalized spacial score (nSPS) is 49.1. The number of hydrogen-bond donors (Lipinski definition) is 0. The van der Waals surface area contributed by atoms with E-state index in [1.54, 1.807) is 18.6 Å². The van der Waals surface area contributed by atoms with Gasteiger partial charge in [-0.05, 0) is 48.7 Å². The number of epoxide rings is 1. The molecule has 7 heteroatoms. The minimum Gasteiger partial charge on any atom is -0.472 e. The molecule has 0 radical (unpaired) electrons. The first-order chi connectivity index (χ1) is 16.3. The number of carbonyl (C=O) groups is 3. The summed E-state index contributed by atoms with van der Waals surface area (Å²) in [6.45, 7) is 12.0. The van der Waals surface area contributed by atoms with Crippen LogP contribution in [0.15, 0.2) is 35.2 Å². The maximum atomic E-state index is 13.2. The van der Waals surface area contributed by atoms with E-state index in [0.29, 0.717) is 6.42 Å². The Balaban J connectivity index is 1.55. The lowest BCUT2D eigenvalue weighted by Crippen LogP contribution is -2.72. The standard InChI is InChI=1S/C28H34O7/c1-15(29)33-20-13-18-24(2,3)19(30)8-10-25(18,4)17-7-11-26(5)21(16-9-12-32-14-16)34-23(31)22-28(26,35-22)27(17,20)6/h8-10,12,14,17-18,20-22H,7,11,13H2,1-6H3/t17-,18+,20-,21-,22-,25+,26-,27-,28-/m0/s1. The van der Waals surface area contributed by atoms with Crippen LogP contribution < -0.4 is 0 Å². The maximum Gasteiger partial charge on any atom is 0.339 e. The average molecular weight is 483 g/mol. The van der Waals surface area contributed by atoms with Crippen LogP contribution in [0.4, 0.5) is 0 Å². The number of allylic oxidation sites excluding steroid dienone is 2. The Bertz CT molecular complexity index is 1150. The molecular weight excluding hydrogens is 448 g/mol. The fraction of sp³-hybridized carbons (Fsp3) is 0.679. The zero-order chi connectivity index (χ0) is 25.2. The smallest absolute Gasteiger partial charge is 0.339 e. The van der Waals surface area contributed by atoms with Gasteiger partial charge in [0.15, 0.2) is 11.9 Å². The topological polar surface area (TPSA) is 95.3 Å². The van der Waals surface area contributed by atoms with Crippen molar-refractivity contribution >= 4 is 17.7 Å². The molecule has 6 rings (SSSR count).